The van der Waals surface area contributed by atoms with Crippen molar-refractivity contribution in [3.8, 4) is 5.75 Å². The third-order valence-corrected chi connectivity index (χ3v) is 3.78. The first-order chi connectivity index (χ1) is 10.4. The summed E-state index contributed by atoms with van der Waals surface area (Å²) in [6.07, 6.45) is 0.831. The largest absolute Gasteiger partial charge is 0.496 e. The van der Waals surface area contributed by atoms with Crippen molar-refractivity contribution in [3.05, 3.63) is 53.5 Å². The molecule has 0 bridgehead atoms. The molecule has 1 aromatic carbocycles. The fourth-order valence-electron chi connectivity index (χ4n) is 2.46. The van der Waals surface area contributed by atoms with Crippen molar-refractivity contribution in [2.24, 2.45) is 0 Å². The molecule has 2 aromatic rings. The quantitative estimate of drug-likeness (QED) is 0.825. The van der Waals surface area contributed by atoms with E-state index in [-0.39, 0.29) is 6.04 Å². The maximum Gasteiger partial charge on any atom is 0.136 e. The summed E-state index contributed by atoms with van der Waals surface area (Å²) in [6.45, 7) is 6.15. The Bertz CT molecular complexity index is 604. The normalized spacial score (nSPS) is 15.3. The lowest BCUT2D eigenvalue weighted by atomic mass is 10.0. The number of hydrogen-bond acceptors (Lipinski definition) is 4. The highest BCUT2D eigenvalue weighted by atomic mass is 16.5. The molecule has 0 amide bonds. The van der Waals surface area contributed by atoms with E-state index in [0.717, 1.165) is 23.5 Å². The Morgan fingerprint density at radius 1 is 1.27 bits per heavy atom. The van der Waals surface area contributed by atoms with Gasteiger partial charge in [-0.1, -0.05) is 18.2 Å². The third kappa shape index (κ3) is 4.12. The maximum atomic E-state index is 10.5. The first-order valence-corrected chi connectivity index (χ1v) is 7.57. The maximum absolute atomic E-state index is 10.5. The van der Waals surface area contributed by atoms with E-state index < -0.39 is 5.60 Å². The van der Waals surface area contributed by atoms with Gasteiger partial charge in [-0.25, -0.2) is 0 Å². The van der Waals surface area contributed by atoms with Crippen LogP contribution in [0.2, 0.25) is 0 Å². The zero-order valence-corrected chi connectivity index (χ0v) is 13.7. The smallest absolute Gasteiger partial charge is 0.136 e. The SMILES string of the molecule is COc1ccccc1CC(C)NCC(C)(O)c1ccc(C)o1. The molecule has 0 aliphatic carbocycles. The number of nitrogens with one attached hydrogen (secondary N) is 1. The summed E-state index contributed by atoms with van der Waals surface area (Å²) >= 11 is 0. The van der Waals surface area contributed by atoms with Crippen molar-refractivity contribution in [1.29, 1.82) is 0 Å². The Labute approximate surface area is 132 Å². The summed E-state index contributed by atoms with van der Waals surface area (Å²) in [5.41, 5.74) is 0.127. The van der Waals surface area contributed by atoms with Crippen LogP contribution in [0.25, 0.3) is 0 Å². The average Bonchev–Trinajstić information content (AvgIpc) is 2.93. The lowest BCUT2D eigenvalue weighted by molar-refractivity contribution is 0.0313. The van der Waals surface area contributed by atoms with Crippen LogP contribution in [0.15, 0.2) is 40.8 Å². The Morgan fingerprint density at radius 2 is 2.00 bits per heavy atom. The predicted octanol–water partition coefficient (Wildman–Crippen LogP) is 3.02. The van der Waals surface area contributed by atoms with Gasteiger partial charge in [0.25, 0.3) is 0 Å². The summed E-state index contributed by atoms with van der Waals surface area (Å²) in [6, 6.07) is 11.9. The number of ether oxygens (including phenoxy) is 1. The summed E-state index contributed by atoms with van der Waals surface area (Å²) in [7, 11) is 1.68. The molecule has 1 heterocycles. The summed E-state index contributed by atoms with van der Waals surface area (Å²) in [5, 5.41) is 13.9. The molecule has 22 heavy (non-hydrogen) atoms. The molecular formula is C18H25NO3. The van der Waals surface area contributed by atoms with Gasteiger partial charge in [-0.3, -0.25) is 0 Å². The standard InChI is InChI=1S/C18H25NO3/c1-13(11-15-7-5-6-8-16(15)21-4)19-12-18(3,20)17-10-9-14(2)22-17/h5-10,13,19-20H,11-12H2,1-4H3. The molecule has 4 nitrogen and oxygen atoms in total. The second-order valence-corrected chi connectivity index (χ2v) is 5.98. The summed E-state index contributed by atoms with van der Waals surface area (Å²) < 4.78 is 10.9. The van der Waals surface area contributed by atoms with Crippen molar-refractivity contribution in [3.63, 3.8) is 0 Å². The van der Waals surface area contributed by atoms with Crippen molar-refractivity contribution in [1.82, 2.24) is 5.32 Å². The number of methoxy groups -OCH3 is 1. The molecule has 0 radical (unpaired) electrons. The molecule has 0 saturated heterocycles. The number of aliphatic hydroxyl groups is 1. The molecule has 4 heteroatoms. The number of furan rings is 1. The highest BCUT2D eigenvalue weighted by Gasteiger charge is 2.27. The zero-order valence-electron chi connectivity index (χ0n) is 13.7. The van der Waals surface area contributed by atoms with E-state index in [0.29, 0.717) is 12.3 Å². The summed E-state index contributed by atoms with van der Waals surface area (Å²) in [4.78, 5) is 0. The zero-order chi connectivity index (χ0) is 16.2. The van der Waals surface area contributed by atoms with E-state index in [4.69, 9.17) is 9.15 Å². The number of benzene rings is 1. The van der Waals surface area contributed by atoms with Gasteiger partial charge in [-0.05, 0) is 51.0 Å². The van der Waals surface area contributed by atoms with Crippen molar-refractivity contribution in [2.75, 3.05) is 13.7 Å². The van der Waals surface area contributed by atoms with Crippen LogP contribution < -0.4 is 10.1 Å². The molecule has 0 fully saturated rings. The molecule has 120 valence electrons. The van der Waals surface area contributed by atoms with Crippen LogP contribution >= 0.6 is 0 Å². The Balaban J connectivity index is 1.93. The minimum Gasteiger partial charge on any atom is -0.496 e. The highest BCUT2D eigenvalue weighted by molar-refractivity contribution is 5.33. The molecule has 2 unspecified atom stereocenters. The van der Waals surface area contributed by atoms with Crippen LogP contribution in [0, 0.1) is 6.92 Å². The van der Waals surface area contributed by atoms with Crippen LogP contribution in [-0.4, -0.2) is 24.8 Å². The van der Waals surface area contributed by atoms with Crippen molar-refractivity contribution < 1.29 is 14.3 Å². The topological polar surface area (TPSA) is 54.6 Å². The third-order valence-electron chi connectivity index (χ3n) is 3.78. The number of rotatable bonds is 7. The first kappa shape index (κ1) is 16.6. The molecular weight excluding hydrogens is 278 g/mol. The molecule has 2 rings (SSSR count). The van der Waals surface area contributed by atoms with Gasteiger partial charge in [0.1, 0.15) is 22.9 Å². The molecule has 0 spiro atoms. The Morgan fingerprint density at radius 3 is 2.64 bits per heavy atom. The predicted molar refractivity (Wildman–Crippen MR) is 87.2 cm³/mol. The minimum absolute atomic E-state index is 0.207. The van der Waals surface area contributed by atoms with E-state index in [1.165, 1.54) is 0 Å². The molecule has 0 saturated carbocycles. The van der Waals surface area contributed by atoms with Crippen LogP contribution in [0.4, 0.5) is 0 Å². The van der Waals surface area contributed by atoms with E-state index in [1.807, 2.05) is 37.3 Å². The van der Waals surface area contributed by atoms with Gasteiger partial charge in [0.05, 0.1) is 7.11 Å². The van der Waals surface area contributed by atoms with Crippen LogP contribution in [-0.2, 0) is 12.0 Å². The Hall–Kier alpha value is -1.78. The number of hydrogen-bond donors (Lipinski definition) is 2. The van der Waals surface area contributed by atoms with Gasteiger partial charge in [0, 0.05) is 12.6 Å². The van der Waals surface area contributed by atoms with Crippen LogP contribution in [0.1, 0.15) is 30.9 Å². The van der Waals surface area contributed by atoms with Gasteiger partial charge >= 0.3 is 0 Å². The second-order valence-electron chi connectivity index (χ2n) is 5.98. The lowest BCUT2D eigenvalue weighted by Crippen LogP contribution is -2.40. The monoisotopic (exact) mass is 303 g/mol. The Kier molecular flexibility index (Phi) is 5.27. The minimum atomic E-state index is -1.02. The van der Waals surface area contributed by atoms with Crippen molar-refractivity contribution >= 4 is 0 Å². The van der Waals surface area contributed by atoms with E-state index in [1.54, 1.807) is 14.0 Å². The highest BCUT2D eigenvalue weighted by Crippen LogP contribution is 2.23. The lowest BCUT2D eigenvalue weighted by Gasteiger charge is -2.24. The van der Waals surface area contributed by atoms with Gasteiger partial charge in [-0.2, -0.15) is 0 Å². The molecule has 0 aliphatic rings. The van der Waals surface area contributed by atoms with Gasteiger partial charge in [0.2, 0.25) is 0 Å². The molecule has 2 N–H and O–H groups in total. The summed E-state index contributed by atoms with van der Waals surface area (Å²) in [5.74, 6) is 2.28. The molecule has 2 atom stereocenters. The number of aryl methyl sites for hydroxylation is 1. The molecule has 0 aliphatic heterocycles. The van der Waals surface area contributed by atoms with Crippen LogP contribution in [0.3, 0.4) is 0 Å². The van der Waals surface area contributed by atoms with Gasteiger partial charge in [-0.15, -0.1) is 0 Å². The van der Waals surface area contributed by atoms with Gasteiger partial charge < -0.3 is 19.6 Å². The van der Waals surface area contributed by atoms with E-state index >= 15 is 0 Å². The fourth-order valence-corrected chi connectivity index (χ4v) is 2.46. The molecule has 1 aromatic heterocycles. The fraction of sp³-hybridized carbons (Fsp3) is 0.444. The van der Waals surface area contributed by atoms with E-state index in [2.05, 4.69) is 18.3 Å². The van der Waals surface area contributed by atoms with E-state index in [9.17, 15) is 5.11 Å². The second kappa shape index (κ2) is 6.99. The first-order valence-electron chi connectivity index (χ1n) is 7.57. The van der Waals surface area contributed by atoms with Crippen molar-refractivity contribution in [2.45, 2.75) is 38.8 Å². The average molecular weight is 303 g/mol. The number of para-hydroxylation sites is 1. The van der Waals surface area contributed by atoms with Gasteiger partial charge in [0.15, 0.2) is 0 Å². The van der Waals surface area contributed by atoms with Crippen LogP contribution in [0.5, 0.6) is 5.75 Å².